The van der Waals surface area contributed by atoms with E-state index in [4.69, 9.17) is 18.9 Å². The minimum absolute atomic E-state index is 0.139. The number of ether oxygens (including phenoxy) is 4. The Hall–Kier alpha value is -1.61. The van der Waals surface area contributed by atoms with Crippen LogP contribution < -0.4 is 0 Å². The van der Waals surface area contributed by atoms with Gasteiger partial charge in [0.2, 0.25) is 0 Å². The van der Waals surface area contributed by atoms with Crippen molar-refractivity contribution in [1.82, 2.24) is 0 Å². The summed E-state index contributed by atoms with van der Waals surface area (Å²) in [5.74, 6) is -1.99. The predicted molar refractivity (Wildman–Crippen MR) is 243 cm³/mol. The molecule has 1 fully saturated rings. The van der Waals surface area contributed by atoms with E-state index in [-0.39, 0.29) is 19.4 Å². The highest BCUT2D eigenvalue weighted by Gasteiger charge is 2.46. The van der Waals surface area contributed by atoms with Gasteiger partial charge in [-0.2, -0.15) is 8.42 Å². The summed E-state index contributed by atoms with van der Waals surface area (Å²) in [4.78, 5) is 25.5. The van der Waals surface area contributed by atoms with Crippen LogP contribution in [-0.2, 0) is 38.7 Å². The molecule has 12 nitrogen and oxygen atoms in total. The third-order valence-electron chi connectivity index (χ3n) is 11.6. The Kier molecular flexibility index (Phi) is 36.5. The maximum atomic E-state index is 12.8. The fourth-order valence-electron chi connectivity index (χ4n) is 7.73. The highest BCUT2D eigenvalue weighted by Crippen LogP contribution is 2.24. The summed E-state index contributed by atoms with van der Waals surface area (Å²) in [5.41, 5.74) is 0. The third kappa shape index (κ3) is 33.6. The van der Waals surface area contributed by atoms with Gasteiger partial charge >= 0.3 is 11.9 Å². The van der Waals surface area contributed by atoms with Gasteiger partial charge in [0, 0.05) is 12.8 Å². The summed E-state index contributed by atoms with van der Waals surface area (Å²) < 4.78 is 54.1. The van der Waals surface area contributed by atoms with Crippen molar-refractivity contribution >= 4 is 22.1 Å². The minimum Gasteiger partial charge on any atom is -0.462 e. The molecular formula is C48H90O12S. The number of carbonyl (C=O) groups excluding carboxylic acids is 2. The SMILES string of the molecule is CCCCCCCCCCC/C=C/CCCCC(=O)O[C@H](COC(=O)CCCCCCCCCCCCCCCCCCCC)CO[C@H]1O[C@H](CS(=O)(=O)O)[C@@H](O)C(O)C1O. The Morgan fingerprint density at radius 3 is 1.39 bits per heavy atom. The van der Waals surface area contributed by atoms with Gasteiger partial charge in [-0.05, 0) is 38.5 Å². The molecule has 0 amide bonds. The normalized spacial score (nSPS) is 20.0. The van der Waals surface area contributed by atoms with Crippen LogP contribution in [-0.4, -0.2) is 96.0 Å². The Labute approximate surface area is 371 Å². The number of aliphatic hydroxyl groups is 3. The summed E-state index contributed by atoms with van der Waals surface area (Å²) in [6.45, 7) is 3.77. The molecule has 0 spiro atoms. The Morgan fingerprint density at radius 2 is 0.934 bits per heavy atom. The molecule has 6 atom stereocenters. The molecule has 0 bridgehead atoms. The Morgan fingerprint density at radius 1 is 0.541 bits per heavy atom. The van der Waals surface area contributed by atoms with Crippen LogP contribution in [0.4, 0.5) is 0 Å². The van der Waals surface area contributed by atoms with Crippen molar-refractivity contribution in [1.29, 1.82) is 0 Å². The standard InChI is InChI=1S/C48H90O12S/c1-3-5-7-9-11-13-15-17-19-20-21-23-24-26-28-30-32-34-36-43(49)57-38-41(39-58-48-47(53)46(52)45(51)42(60-48)40-61(54,55)56)59-44(50)37-35-33-31-29-27-25-22-18-16-14-12-10-8-6-4-2/h27,29,41-42,45-48,51-53H,3-26,28,30-40H2,1-2H3,(H,54,55,56)/b29-27+/t41-,42-,45-,46?,47?,48+/m1/s1. The summed E-state index contributed by atoms with van der Waals surface area (Å²) in [7, 11) is -4.60. The van der Waals surface area contributed by atoms with Crippen LogP contribution in [0.1, 0.15) is 226 Å². The first kappa shape index (κ1) is 57.4. The van der Waals surface area contributed by atoms with Gasteiger partial charge in [-0.3, -0.25) is 14.1 Å². The maximum absolute atomic E-state index is 12.8. The lowest BCUT2D eigenvalue weighted by molar-refractivity contribution is -0.297. The molecule has 1 aliphatic rings. The number of unbranched alkanes of at least 4 members (excludes halogenated alkanes) is 28. The fourth-order valence-corrected chi connectivity index (χ4v) is 8.42. The summed E-state index contributed by atoms with van der Waals surface area (Å²) in [6.07, 6.45) is 32.6. The van der Waals surface area contributed by atoms with Gasteiger partial charge in [0.15, 0.2) is 12.4 Å². The maximum Gasteiger partial charge on any atom is 0.306 e. The Bertz CT molecular complexity index is 1180. The van der Waals surface area contributed by atoms with Crippen LogP contribution in [0.25, 0.3) is 0 Å². The number of carbonyl (C=O) groups is 2. The molecule has 61 heavy (non-hydrogen) atoms. The second-order valence-electron chi connectivity index (χ2n) is 17.5. The fraction of sp³-hybridized carbons (Fsp3) is 0.917. The number of allylic oxidation sites excluding steroid dienone is 2. The van der Waals surface area contributed by atoms with E-state index in [9.17, 15) is 37.9 Å². The first-order valence-corrected chi connectivity index (χ1v) is 26.4. The van der Waals surface area contributed by atoms with Crippen molar-refractivity contribution in [3.05, 3.63) is 12.2 Å². The number of hydrogen-bond acceptors (Lipinski definition) is 11. The number of rotatable bonds is 42. The molecule has 0 aromatic rings. The van der Waals surface area contributed by atoms with E-state index in [0.29, 0.717) is 12.8 Å². The molecule has 1 heterocycles. The molecule has 0 aliphatic carbocycles. The van der Waals surface area contributed by atoms with Crippen molar-refractivity contribution in [3.8, 4) is 0 Å². The molecule has 0 aromatic carbocycles. The van der Waals surface area contributed by atoms with Gasteiger partial charge in [-0.25, -0.2) is 0 Å². The number of esters is 2. The molecule has 1 aliphatic heterocycles. The molecule has 360 valence electrons. The largest absolute Gasteiger partial charge is 0.462 e. The van der Waals surface area contributed by atoms with E-state index in [1.54, 1.807) is 0 Å². The summed E-state index contributed by atoms with van der Waals surface area (Å²) in [6, 6.07) is 0. The van der Waals surface area contributed by atoms with E-state index in [1.807, 2.05) is 0 Å². The predicted octanol–water partition coefficient (Wildman–Crippen LogP) is 10.6. The van der Waals surface area contributed by atoms with E-state index in [2.05, 4.69) is 26.0 Å². The lowest BCUT2D eigenvalue weighted by Crippen LogP contribution is -2.60. The van der Waals surface area contributed by atoms with E-state index < -0.39 is 71.2 Å². The first-order chi connectivity index (χ1) is 29.5. The topological polar surface area (TPSA) is 186 Å². The zero-order valence-corrected chi connectivity index (χ0v) is 39.4. The monoisotopic (exact) mass is 891 g/mol. The molecular weight excluding hydrogens is 801 g/mol. The van der Waals surface area contributed by atoms with Crippen molar-refractivity contribution in [2.45, 2.75) is 263 Å². The smallest absolute Gasteiger partial charge is 0.306 e. The molecule has 1 rings (SSSR count). The van der Waals surface area contributed by atoms with Crippen LogP contribution in [0.15, 0.2) is 12.2 Å². The number of hydrogen-bond donors (Lipinski definition) is 4. The molecule has 2 unspecified atom stereocenters. The second-order valence-corrected chi connectivity index (χ2v) is 19.0. The molecule has 13 heteroatoms. The van der Waals surface area contributed by atoms with E-state index in [1.165, 1.54) is 148 Å². The van der Waals surface area contributed by atoms with Gasteiger partial charge in [0.05, 0.1) is 6.61 Å². The van der Waals surface area contributed by atoms with Gasteiger partial charge < -0.3 is 34.3 Å². The first-order valence-electron chi connectivity index (χ1n) is 24.7. The van der Waals surface area contributed by atoms with Gasteiger partial charge in [-0.1, -0.05) is 187 Å². The van der Waals surface area contributed by atoms with Crippen LogP contribution in [0.5, 0.6) is 0 Å². The van der Waals surface area contributed by atoms with Crippen LogP contribution in [0, 0.1) is 0 Å². The van der Waals surface area contributed by atoms with Crippen molar-refractivity contribution in [2.75, 3.05) is 19.0 Å². The average Bonchev–Trinajstić information content (AvgIpc) is 3.22. The quantitative estimate of drug-likeness (QED) is 0.0197. The van der Waals surface area contributed by atoms with Gasteiger partial charge in [0.25, 0.3) is 10.1 Å². The minimum atomic E-state index is -4.60. The zero-order valence-electron chi connectivity index (χ0n) is 38.5. The Balaban J connectivity index is 2.39. The van der Waals surface area contributed by atoms with Gasteiger partial charge in [-0.15, -0.1) is 0 Å². The highest BCUT2D eigenvalue weighted by molar-refractivity contribution is 7.85. The van der Waals surface area contributed by atoms with Crippen molar-refractivity contribution < 1.29 is 56.8 Å². The summed E-state index contributed by atoms with van der Waals surface area (Å²) >= 11 is 0. The summed E-state index contributed by atoms with van der Waals surface area (Å²) in [5, 5.41) is 30.9. The van der Waals surface area contributed by atoms with Crippen molar-refractivity contribution in [2.24, 2.45) is 0 Å². The van der Waals surface area contributed by atoms with Crippen LogP contribution >= 0.6 is 0 Å². The van der Waals surface area contributed by atoms with Crippen LogP contribution in [0.2, 0.25) is 0 Å². The van der Waals surface area contributed by atoms with Gasteiger partial charge in [0.1, 0.15) is 36.8 Å². The lowest BCUT2D eigenvalue weighted by Gasteiger charge is -2.40. The van der Waals surface area contributed by atoms with E-state index >= 15 is 0 Å². The number of aliphatic hydroxyl groups excluding tert-OH is 3. The molecule has 0 saturated carbocycles. The lowest BCUT2D eigenvalue weighted by atomic mass is 10.00. The van der Waals surface area contributed by atoms with Crippen LogP contribution in [0.3, 0.4) is 0 Å². The second kappa shape index (κ2) is 38.8. The highest BCUT2D eigenvalue weighted by atomic mass is 32.2. The molecule has 0 aromatic heterocycles. The van der Waals surface area contributed by atoms with E-state index in [0.717, 1.165) is 38.5 Å². The molecule has 0 radical (unpaired) electrons. The third-order valence-corrected chi connectivity index (χ3v) is 12.3. The zero-order chi connectivity index (χ0) is 44.8. The molecule has 1 saturated heterocycles. The van der Waals surface area contributed by atoms with Crippen molar-refractivity contribution in [3.63, 3.8) is 0 Å². The average molecular weight is 891 g/mol. The molecule has 4 N–H and O–H groups in total.